The van der Waals surface area contributed by atoms with Crippen molar-refractivity contribution in [3.8, 4) is 5.75 Å². The molecular formula is C20H22N2O3. The van der Waals surface area contributed by atoms with Crippen molar-refractivity contribution in [1.82, 2.24) is 0 Å². The minimum absolute atomic E-state index is 0.157. The predicted octanol–water partition coefficient (Wildman–Crippen LogP) is 3.53. The van der Waals surface area contributed by atoms with Gasteiger partial charge >= 0.3 is 0 Å². The lowest BCUT2D eigenvalue weighted by molar-refractivity contribution is -0.122. The summed E-state index contributed by atoms with van der Waals surface area (Å²) >= 11 is 0. The lowest BCUT2D eigenvalue weighted by atomic mass is 10.1. The Morgan fingerprint density at radius 1 is 1.20 bits per heavy atom. The molecular weight excluding hydrogens is 316 g/mol. The minimum Gasteiger partial charge on any atom is -0.481 e. The van der Waals surface area contributed by atoms with Crippen LogP contribution in [0.15, 0.2) is 48.5 Å². The molecule has 25 heavy (non-hydrogen) atoms. The van der Waals surface area contributed by atoms with E-state index in [0.717, 1.165) is 24.2 Å². The van der Waals surface area contributed by atoms with E-state index in [2.05, 4.69) is 5.32 Å². The number of benzene rings is 2. The quantitative estimate of drug-likeness (QED) is 0.907. The molecule has 5 nitrogen and oxygen atoms in total. The van der Waals surface area contributed by atoms with Crippen LogP contribution in [0.3, 0.4) is 0 Å². The number of anilines is 2. The highest BCUT2D eigenvalue weighted by Gasteiger charge is 2.23. The van der Waals surface area contributed by atoms with Crippen molar-refractivity contribution in [3.05, 3.63) is 54.1 Å². The zero-order valence-electron chi connectivity index (χ0n) is 14.5. The van der Waals surface area contributed by atoms with Crippen LogP contribution in [0.1, 0.15) is 25.3 Å². The van der Waals surface area contributed by atoms with E-state index in [1.165, 1.54) is 0 Å². The van der Waals surface area contributed by atoms with Gasteiger partial charge in [-0.25, -0.2) is 0 Å². The molecule has 1 fully saturated rings. The molecule has 2 aromatic rings. The van der Waals surface area contributed by atoms with Gasteiger partial charge in [0.05, 0.1) is 0 Å². The molecule has 3 rings (SSSR count). The number of hydrogen-bond donors (Lipinski definition) is 1. The summed E-state index contributed by atoms with van der Waals surface area (Å²) in [7, 11) is 0. The monoisotopic (exact) mass is 338 g/mol. The molecule has 0 aliphatic carbocycles. The summed E-state index contributed by atoms with van der Waals surface area (Å²) in [5, 5.41) is 2.86. The minimum atomic E-state index is -0.609. The molecule has 1 aliphatic heterocycles. The molecule has 2 amide bonds. The van der Waals surface area contributed by atoms with Crippen LogP contribution in [0.5, 0.6) is 5.75 Å². The third-order valence-corrected chi connectivity index (χ3v) is 4.25. The first-order valence-electron chi connectivity index (χ1n) is 8.48. The summed E-state index contributed by atoms with van der Waals surface area (Å²) in [5.41, 5.74) is 2.57. The maximum atomic E-state index is 12.3. The zero-order valence-corrected chi connectivity index (χ0v) is 14.5. The second-order valence-electron chi connectivity index (χ2n) is 6.21. The first kappa shape index (κ1) is 17.0. The van der Waals surface area contributed by atoms with Gasteiger partial charge in [-0.3, -0.25) is 9.59 Å². The van der Waals surface area contributed by atoms with E-state index in [4.69, 9.17) is 4.74 Å². The Morgan fingerprint density at radius 3 is 2.60 bits per heavy atom. The summed E-state index contributed by atoms with van der Waals surface area (Å²) in [6.45, 7) is 4.42. The molecule has 2 aromatic carbocycles. The number of nitrogens with zero attached hydrogens (tertiary/aromatic N) is 1. The molecule has 1 saturated heterocycles. The second kappa shape index (κ2) is 7.38. The van der Waals surface area contributed by atoms with E-state index >= 15 is 0 Å². The van der Waals surface area contributed by atoms with E-state index in [9.17, 15) is 9.59 Å². The fourth-order valence-electron chi connectivity index (χ4n) is 2.94. The molecule has 0 saturated carbocycles. The van der Waals surface area contributed by atoms with Crippen LogP contribution in [-0.2, 0) is 9.59 Å². The molecule has 5 heteroatoms. The van der Waals surface area contributed by atoms with Gasteiger partial charge in [0.15, 0.2) is 6.10 Å². The summed E-state index contributed by atoms with van der Waals surface area (Å²) in [6, 6.07) is 14.8. The maximum absolute atomic E-state index is 12.3. The summed E-state index contributed by atoms with van der Waals surface area (Å²) in [5.74, 6) is 0.599. The van der Waals surface area contributed by atoms with Crippen LogP contribution in [0, 0.1) is 6.92 Å². The fourth-order valence-corrected chi connectivity index (χ4v) is 2.94. The number of carbonyl (C=O) groups is 2. The molecule has 0 radical (unpaired) electrons. The average Bonchev–Trinajstić information content (AvgIpc) is 3.01. The van der Waals surface area contributed by atoms with E-state index in [0.29, 0.717) is 17.9 Å². The Kier molecular flexibility index (Phi) is 5.03. The van der Waals surface area contributed by atoms with Gasteiger partial charge < -0.3 is 15.0 Å². The highest BCUT2D eigenvalue weighted by Crippen LogP contribution is 2.27. The molecule has 1 heterocycles. The van der Waals surface area contributed by atoms with E-state index in [-0.39, 0.29) is 11.8 Å². The number of rotatable bonds is 5. The highest BCUT2D eigenvalue weighted by molar-refractivity contribution is 5.97. The molecule has 130 valence electrons. The predicted molar refractivity (Wildman–Crippen MR) is 97.9 cm³/mol. The molecule has 1 N–H and O–H groups in total. The van der Waals surface area contributed by atoms with E-state index in [1.807, 2.05) is 60.4 Å². The smallest absolute Gasteiger partial charge is 0.265 e. The number of ether oxygens (including phenoxy) is 1. The van der Waals surface area contributed by atoms with E-state index in [1.54, 1.807) is 6.92 Å². The van der Waals surface area contributed by atoms with Crippen molar-refractivity contribution in [1.29, 1.82) is 0 Å². The van der Waals surface area contributed by atoms with Gasteiger partial charge in [-0.2, -0.15) is 0 Å². The number of para-hydroxylation sites is 1. The molecule has 0 aromatic heterocycles. The second-order valence-corrected chi connectivity index (χ2v) is 6.21. The highest BCUT2D eigenvalue weighted by atomic mass is 16.5. The Hall–Kier alpha value is -2.82. The lowest BCUT2D eigenvalue weighted by Gasteiger charge is -2.20. The van der Waals surface area contributed by atoms with Crippen molar-refractivity contribution in [3.63, 3.8) is 0 Å². The summed E-state index contributed by atoms with van der Waals surface area (Å²) in [6.07, 6.45) is 0.889. The van der Waals surface area contributed by atoms with Crippen molar-refractivity contribution in [2.75, 3.05) is 16.8 Å². The third-order valence-electron chi connectivity index (χ3n) is 4.25. The Balaban J connectivity index is 1.65. The van der Waals surface area contributed by atoms with Crippen molar-refractivity contribution >= 4 is 23.2 Å². The maximum Gasteiger partial charge on any atom is 0.265 e. The first-order valence-corrected chi connectivity index (χ1v) is 8.48. The molecule has 1 atom stereocenters. The number of carbonyl (C=O) groups excluding carboxylic acids is 2. The number of nitrogens with one attached hydrogen (secondary N) is 1. The van der Waals surface area contributed by atoms with Crippen molar-refractivity contribution in [2.45, 2.75) is 32.8 Å². The largest absolute Gasteiger partial charge is 0.481 e. The lowest BCUT2D eigenvalue weighted by Crippen LogP contribution is -2.30. The van der Waals surface area contributed by atoms with Crippen molar-refractivity contribution in [2.24, 2.45) is 0 Å². The Morgan fingerprint density at radius 2 is 1.96 bits per heavy atom. The molecule has 0 bridgehead atoms. The average molecular weight is 338 g/mol. The van der Waals surface area contributed by atoms with Crippen LogP contribution < -0.4 is 15.0 Å². The van der Waals surface area contributed by atoms with Crippen molar-refractivity contribution < 1.29 is 14.3 Å². The van der Waals surface area contributed by atoms with Crippen LogP contribution in [0.2, 0.25) is 0 Å². The Bertz CT molecular complexity index is 774. The van der Waals surface area contributed by atoms with Gasteiger partial charge in [-0.15, -0.1) is 0 Å². The molecule has 1 aliphatic rings. The van der Waals surface area contributed by atoms with Gasteiger partial charge in [0.1, 0.15) is 5.75 Å². The van der Waals surface area contributed by atoms with Crippen LogP contribution >= 0.6 is 0 Å². The number of amides is 2. The Labute approximate surface area is 147 Å². The SMILES string of the molecule is Cc1cc(NC(=O)C(C)Oc2ccccc2)ccc1N1CCCC1=O. The van der Waals surface area contributed by atoms with E-state index < -0.39 is 6.10 Å². The van der Waals surface area contributed by atoms with Gasteiger partial charge in [-0.1, -0.05) is 18.2 Å². The first-order chi connectivity index (χ1) is 12.0. The van der Waals surface area contributed by atoms with Gasteiger partial charge in [0.2, 0.25) is 5.91 Å². The number of aryl methyl sites for hydroxylation is 1. The zero-order chi connectivity index (χ0) is 17.8. The molecule has 0 spiro atoms. The van der Waals surface area contributed by atoms with Gasteiger partial charge in [-0.05, 0) is 56.2 Å². The van der Waals surface area contributed by atoms with Crippen LogP contribution in [0.25, 0.3) is 0 Å². The standard InChI is InChI=1S/C20H22N2O3/c1-14-13-16(10-11-18(14)22-12-6-9-19(22)23)21-20(24)15(2)25-17-7-4-3-5-8-17/h3-5,7-8,10-11,13,15H,6,9,12H2,1-2H3,(H,21,24). The summed E-state index contributed by atoms with van der Waals surface area (Å²) < 4.78 is 5.63. The third kappa shape index (κ3) is 3.99. The fraction of sp³-hybridized carbons (Fsp3) is 0.300. The number of hydrogen-bond acceptors (Lipinski definition) is 3. The summed E-state index contributed by atoms with van der Waals surface area (Å²) in [4.78, 5) is 26.0. The topological polar surface area (TPSA) is 58.6 Å². The normalized spacial score (nSPS) is 15.1. The van der Waals surface area contributed by atoms with Crippen LogP contribution in [0.4, 0.5) is 11.4 Å². The van der Waals surface area contributed by atoms with Gasteiger partial charge in [0, 0.05) is 24.3 Å². The van der Waals surface area contributed by atoms with Crippen LogP contribution in [-0.4, -0.2) is 24.5 Å². The molecule has 1 unspecified atom stereocenters. The van der Waals surface area contributed by atoms with Gasteiger partial charge in [0.25, 0.3) is 5.91 Å².